The number of carbonyl (C=O) groups is 3. The lowest BCUT2D eigenvalue weighted by molar-refractivity contribution is -0.167. The Morgan fingerprint density at radius 1 is 0.313 bits per heavy atom. The molecule has 0 aromatic heterocycles. The number of carbonyl (C=O) groups excluding carboxylic acids is 3. The van der Waals surface area contributed by atoms with E-state index in [2.05, 4.69) is 57.2 Å². The Morgan fingerprint density at radius 2 is 0.582 bits per heavy atom. The standard InChI is InChI=1S/C61H112O6/c1-4-7-10-13-16-19-22-25-28-29-30-31-34-36-39-42-45-48-51-54-60(63)66-57-58(67-61(64)55-52-49-46-43-40-37-33-27-24-21-18-15-12-9-6-3)56-65-59(62)53-50-47-44-41-38-35-32-26-23-20-17-14-11-8-5-2/h8,11,17,20,26,32,58H,4-7,9-10,12-16,18-19,21-25,27-31,33-57H2,1-3H3/b11-8-,20-17-,32-26-/t58-/m1/s1. The highest BCUT2D eigenvalue weighted by Gasteiger charge is 2.19. The Bertz CT molecular complexity index is 1130. The second-order valence-corrected chi connectivity index (χ2v) is 19.9. The molecule has 6 nitrogen and oxygen atoms in total. The molecule has 0 rings (SSSR count). The van der Waals surface area contributed by atoms with Gasteiger partial charge in [0.05, 0.1) is 0 Å². The molecule has 0 unspecified atom stereocenters. The van der Waals surface area contributed by atoms with E-state index in [1.807, 2.05) is 0 Å². The molecule has 0 aliphatic heterocycles. The van der Waals surface area contributed by atoms with Crippen molar-refractivity contribution in [1.29, 1.82) is 0 Å². The van der Waals surface area contributed by atoms with E-state index in [0.29, 0.717) is 19.3 Å². The summed E-state index contributed by atoms with van der Waals surface area (Å²) in [6.45, 7) is 6.57. The second-order valence-electron chi connectivity index (χ2n) is 19.9. The molecule has 0 saturated carbocycles. The topological polar surface area (TPSA) is 78.9 Å². The quantitative estimate of drug-likeness (QED) is 0.0262. The largest absolute Gasteiger partial charge is 0.462 e. The third-order valence-electron chi connectivity index (χ3n) is 13.2. The summed E-state index contributed by atoms with van der Waals surface area (Å²) in [5.41, 5.74) is 0. The summed E-state index contributed by atoms with van der Waals surface area (Å²) in [7, 11) is 0. The average molecular weight is 942 g/mol. The van der Waals surface area contributed by atoms with Crippen LogP contribution in [0.15, 0.2) is 36.5 Å². The van der Waals surface area contributed by atoms with Crippen molar-refractivity contribution in [2.45, 2.75) is 322 Å². The van der Waals surface area contributed by atoms with Gasteiger partial charge in [-0.05, 0) is 51.4 Å². The molecule has 392 valence electrons. The third kappa shape index (κ3) is 54.4. The Hall–Kier alpha value is -2.37. The van der Waals surface area contributed by atoms with Gasteiger partial charge in [0, 0.05) is 19.3 Å². The lowest BCUT2D eigenvalue weighted by atomic mass is 10.0. The lowest BCUT2D eigenvalue weighted by Crippen LogP contribution is -2.30. The third-order valence-corrected chi connectivity index (χ3v) is 13.2. The highest BCUT2D eigenvalue weighted by Crippen LogP contribution is 2.17. The molecule has 0 spiro atoms. The van der Waals surface area contributed by atoms with Gasteiger partial charge in [0.25, 0.3) is 0 Å². The van der Waals surface area contributed by atoms with Crippen LogP contribution in [0.25, 0.3) is 0 Å². The first-order valence-corrected chi connectivity index (χ1v) is 29.5. The van der Waals surface area contributed by atoms with Crippen molar-refractivity contribution in [3.8, 4) is 0 Å². The van der Waals surface area contributed by atoms with Gasteiger partial charge in [-0.25, -0.2) is 0 Å². The van der Waals surface area contributed by atoms with Crippen LogP contribution in [0.5, 0.6) is 0 Å². The molecule has 0 aromatic rings. The van der Waals surface area contributed by atoms with Gasteiger partial charge in [-0.2, -0.15) is 0 Å². The highest BCUT2D eigenvalue weighted by molar-refractivity contribution is 5.71. The van der Waals surface area contributed by atoms with Crippen LogP contribution in [0, 0.1) is 0 Å². The second kappa shape index (κ2) is 56.2. The van der Waals surface area contributed by atoms with Gasteiger partial charge in [0.1, 0.15) is 13.2 Å². The minimum Gasteiger partial charge on any atom is -0.462 e. The fourth-order valence-electron chi connectivity index (χ4n) is 8.75. The van der Waals surface area contributed by atoms with E-state index in [1.54, 1.807) is 0 Å². The van der Waals surface area contributed by atoms with Crippen LogP contribution in [0.4, 0.5) is 0 Å². The number of unbranched alkanes of at least 4 members (excludes halogenated alkanes) is 37. The van der Waals surface area contributed by atoms with Gasteiger partial charge in [-0.15, -0.1) is 0 Å². The number of hydrogen-bond donors (Lipinski definition) is 0. The fourth-order valence-corrected chi connectivity index (χ4v) is 8.75. The fraction of sp³-hybridized carbons (Fsp3) is 0.852. The van der Waals surface area contributed by atoms with E-state index in [0.717, 1.165) is 96.3 Å². The van der Waals surface area contributed by atoms with Crippen LogP contribution in [0.3, 0.4) is 0 Å². The minimum absolute atomic E-state index is 0.0725. The molecule has 0 aromatic carbocycles. The predicted octanol–water partition coefficient (Wildman–Crippen LogP) is 19.7. The zero-order chi connectivity index (χ0) is 48.6. The van der Waals surface area contributed by atoms with E-state index in [1.165, 1.54) is 180 Å². The monoisotopic (exact) mass is 941 g/mol. The summed E-state index contributed by atoms with van der Waals surface area (Å²) in [6, 6.07) is 0. The first-order valence-electron chi connectivity index (χ1n) is 29.5. The van der Waals surface area contributed by atoms with Crippen LogP contribution in [0.2, 0.25) is 0 Å². The smallest absolute Gasteiger partial charge is 0.306 e. The maximum absolute atomic E-state index is 12.9. The van der Waals surface area contributed by atoms with Gasteiger partial charge < -0.3 is 14.2 Å². The summed E-state index contributed by atoms with van der Waals surface area (Å²) in [5.74, 6) is -0.869. The van der Waals surface area contributed by atoms with Crippen LogP contribution >= 0.6 is 0 Å². The predicted molar refractivity (Wildman–Crippen MR) is 289 cm³/mol. The molecule has 0 bridgehead atoms. The molecule has 0 amide bonds. The number of esters is 3. The zero-order valence-corrected chi connectivity index (χ0v) is 44.9. The van der Waals surface area contributed by atoms with Crippen LogP contribution in [0.1, 0.15) is 316 Å². The van der Waals surface area contributed by atoms with Gasteiger partial charge in [-0.1, -0.05) is 282 Å². The molecule has 0 radical (unpaired) electrons. The molecule has 6 heteroatoms. The molecular formula is C61H112O6. The van der Waals surface area contributed by atoms with E-state index < -0.39 is 6.10 Å². The number of rotatable bonds is 54. The van der Waals surface area contributed by atoms with Crippen molar-refractivity contribution in [3.05, 3.63) is 36.5 Å². The number of allylic oxidation sites excluding steroid dienone is 6. The molecule has 67 heavy (non-hydrogen) atoms. The molecule has 0 saturated heterocycles. The summed E-state index contributed by atoms with van der Waals surface area (Å²) < 4.78 is 16.9. The molecular weight excluding hydrogens is 829 g/mol. The molecule has 0 aliphatic rings. The van der Waals surface area contributed by atoms with Crippen molar-refractivity contribution in [2.75, 3.05) is 13.2 Å². The normalized spacial score (nSPS) is 12.2. The first kappa shape index (κ1) is 64.6. The van der Waals surface area contributed by atoms with E-state index in [4.69, 9.17) is 14.2 Å². The molecule has 0 heterocycles. The Kier molecular flexibility index (Phi) is 54.2. The van der Waals surface area contributed by atoms with E-state index in [9.17, 15) is 14.4 Å². The molecule has 0 aliphatic carbocycles. The zero-order valence-electron chi connectivity index (χ0n) is 44.9. The van der Waals surface area contributed by atoms with Crippen molar-refractivity contribution in [1.82, 2.24) is 0 Å². The number of ether oxygens (including phenoxy) is 3. The SMILES string of the molecule is CC/C=C\C/C=C\C/C=C\CCCCCCCC(=O)OC[C@H](COC(=O)CCCCCCCCCCCCCCCCCCCCC)OC(=O)CCCCCCCCCCCCCCCCC. The van der Waals surface area contributed by atoms with Crippen LogP contribution in [-0.2, 0) is 28.6 Å². The minimum atomic E-state index is -0.775. The Morgan fingerprint density at radius 3 is 0.910 bits per heavy atom. The van der Waals surface area contributed by atoms with Crippen molar-refractivity contribution < 1.29 is 28.6 Å². The summed E-state index contributed by atoms with van der Waals surface area (Å²) in [4.78, 5) is 38.2. The van der Waals surface area contributed by atoms with Crippen molar-refractivity contribution in [2.24, 2.45) is 0 Å². The summed E-state index contributed by atoms with van der Waals surface area (Å²) in [5, 5.41) is 0. The van der Waals surface area contributed by atoms with Crippen LogP contribution in [-0.4, -0.2) is 37.2 Å². The van der Waals surface area contributed by atoms with E-state index >= 15 is 0 Å². The summed E-state index contributed by atoms with van der Waals surface area (Å²) in [6.07, 6.45) is 67.1. The molecule has 1 atom stereocenters. The lowest BCUT2D eigenvalue weighted by Gasteiger charge is -2.18. The van der Waals surface area contributed by atoms with Gasteiger partial charge >= 0.3 is 17.9 Å². The highest BCUT2D eigenvalue weighted by atomic mass is 16.6. The molecule has 0 fully saturated rings. The van der Waals surface area contributed by atoms with Crippen molar-refractivity contribution in [3.63, 3.8) is 0 Å². The molecule has 0 N–H and O–H groups in total. The Balaban J connectivity index is 4.32. The average Bonchev–Trinajstić information content (AvgIpc) is 3.33. The maximum atomic E-state index is 12.9. The van der Waals surface area contributed by atoms with E-state index in [-0.39, 0.29) is 31.1 Å². The van der Waals surface area contributed by atoms with Gasteiger partial charge in [0.2, 0.25) is 0 Å². The van der Waals surface area contributed by atoms with Crippen molar-refractivity contribution >= 4 is 17.9 Å². The van der Waals surface area contributed by atoms with Gasteiger partial charge in [0.15, 0.2) is 6.10 Å². The Labute approximate surface area is 416 Å². The first-order chi connectivity index (χ1) is 33.0. The number of hydrogen-bond acceptors (Lipinski definition) is 6. The van der Waals surface area contributed by atoms with Gasteiger partial charge in [-0.3, -0.25) is 14.4 Å². The summed E-state index contributed by atoms with van der Waals surface area (Å²) >= 11 is 0. The maximum Gasteiger partial charge on any atom is 0.306 e. The van der Waals surface area contributed by atoms with Crippen LogP contribution < -0.4 is 0 Å².